The van der Waals surface area contributed by atoms with Crippen LogP contribution in [0.25, 0.3) is 11.1 Å². The molecule has 2 bridgehead atoms. The second kappa shape index (κ2) is 18.4. The number of primary amides is 1. The third-order valence-corrected chi connectivity index (χ3v) is 13.3. The third kappa shape index (κ3) is 9.60. The van der Waals surface area contributed by atoms with Gasteiger partial charge in [0, 0.05) is 54.0 Å². The maximum atomic E-state index is 14.3. The van der Waals surface area contributed by atoms with Gasteiger partial charge in [0.15, 0.2) is 0 Å². The van der Waals surface area contributed by atoms with Crippen LogP contribution in [0.15, 0.2) is 66.7 Å². The summed E-state index contributed by atoms with van der Waals surface area (Å²) in [4.78, 5) is 50.6. The molecule has 3 aromatic carbocycles. The molecule has 1 saturated heterocycles. The van der Waals surface area contributed by atoms with E-state index in [0.29, 0.717) is 64.4 Å². The number of para-hydroxylation sites is 1. The summed E-state index contributed by atoms with van der Waals surface area (Å²) in [6.07, 6.45) is 0.984. The highest BCUT2D eigenvalue weighted by Gasteiger charge is 2.57. The molecule has 0 spiro atoms. The lowest BCUT2D eigenvalue weighted by Gasteiger charge is -2.62. The summed E-state index contributed by atoms with van der Waals surface area (Å²) in [7, 11) is 7.25. The first-order chi connectivity index (χ1) is 28.0. The molecule has 4 fully saturated rings. The maximum absolute atomic E-state index is 14.3. The van der Waals surface area contributed by atoms with Crippen LogP contribution < -0.4 is 26.0 Å². The number of aliphatic hydroxyl groups is 2. The van der Waals surface area contributed by atoms with E-state index in [2.05, 4.69) is 31.4 Å². The molecule has 13 nitrogen and oxygen atoms in total. The molecule has 0 aromatic heterocycles. The monoisotopic (exact) mass is 812 g/mol. The van der Waals surface area contributed by atoms with E-state index in [9.17, 15) is 24.6 Å². The molecular weight excluding hydrogens is 749 g/mol. The van der Waals surface area contributed by atoms with Gasteiger partial charge in [-0.25, -0.2) is 0 Å². The second-order valence-corrected chi connectivity index (χ2v) is 17.9. The number of methoxy groups -OCH3 is 1. The van der Waals surface area contributed by atoms with E-state index in [1.165, 1.54) is 6.42 Å². The number of likely N-dealkylation sites (N-methyl/N-ethyl adjacent to an activating group) is 2. The van der Waals surface area contributed by atoms with Gasteiger partial charge in [0.05, 0.1) is 32.9 Å². The lowest BCUT2D eigenvalue weighted by molar-refractivity contribution is -0.183. The van der Waals surface area contributed by atoms with Crippen LogP contribution in [0.4, 0.5) is 5.69 Å². The minimum atomic E-state index is -0.938. The van der Waals surface area contributed by atoms with Crippen LogP contribution in [0.1, 0.15) is 62.0 Å². The highest BCUT2D eigenvalue weighted by molar-refractivity contribution is 5.97. The number of nitrogens with zero attached hydrogens (tertiary/aromatic N) is 3. The number of ether oxygens (including phenoxy) is 1. The summed E-state index contributed by atoms with van der Waals surface area (Å²) in [5, 5.41) is 29.6. The van der Waals surface area contributed by atoms with Gasteiger partial charge in [0.2, 0.25) is 11.8 Å². The predicted octanol–water partition coefficient (Wildman–Crippen LogP) is 3.85. The average molecular weight is 813 g/mol. The van der Waals surface area contributed by atoms with Crippen LogP contribution in [0, 0.1) is 29.1 Å². The Labute approximate surface area is 349 Å². The lowest BCUT2D eigenvalue weighted by Crippen LogP contribution is -2.62. The fourth-order valence-corrected chi connectivity index (χ4v) is 10.0. The number of nitrogens with two attached hydrogens (primary N) is 1. The molecule has 3 amide bonds. The molecule has 7 rings (SSSR count). The number of amides is 3. The fourth-order valence-electron chi connectivity index (χ4n) is 10.0. The lowest BCUT2D eigenvalue weighted by atomic mass is 9.45. The van der Waals surface area contributed by atoms with Crippen molar-refractivity contribution in [2.45, 2.75) is 83.8 Å². The van der Waals surface area contributed by atoms with Crippen molar-refractivity contribution < 1.29 is 34.2 Å². The molecule has 59 heavy (non-hydrogen) atoms. The minimum absolute atomic E-state index is 0.00434. The number of carbonyl (C=O) groups excluding carboxylic acids is 3. The van der Waals surface area contributed by atoms with Gasteiger partial charge < -0.3 is 41.1 Å². The Bertz CT molecular complexity index is 1960. The number of rotatable bonds is 17. The summed E-state index contributed by atoms with van der Waals surface area (Å²) in [6, 6.07) is 20.0. The molecule has 1 heterocycles. The van der Waals surface area contributed by atoms with E-state index in [1.54, 1.807) is 43.2 Å². The summed E-state index contributed by atoms with van der Waals surface area (Å²) in [5.74, 6) is 0.162. The number of hydroxylamine groups is 2. The molecule has 6 N–H and O–H groups in total. The van der Waals surface area contributed by atoms with Gasteiger partial charge in [-0.05, 0) is 92.8 Å². The molecule has 9 atom stereocenters. The van der Waals surface area contributed by atoms with Crippen molar-refractivity contribution in [2.75, 3.05) is 52.8 Å². The van der Waals surface area contributed by atoms with Gasteiger partial charge in [0.25, 0.3) is 5.91 Å². The van der Waals surface area contributed by atoms with E-state index in [-0.39, 0.29) is 49.0 Å². The van der Waals surface area contributed by atoms with Gasteiger partial charge in [0.1, 0.15) is 17.9 Å². The third-order valence-electron chi connectivity index (χ3n) is 13.3. The van der Waals surface area contributed by atoms with Gasteiger partial charge >= 0.3 is 0 Å². The topological polar surface area (TPSA) is 170 Å². The Kier molecular flexibility index (Phi) is 13.7. The van der Waals surface area contributed by atoms with Gasteiger partial charge in [-0.3, -0.25) is 19.2 Å². The summed E-state index contributed by atoms with van der Waals surface area (Å²) in [6.45, 7) is 8.78. The first-order valence-corrected chi connectivity index (χ1v) is 20.8. The first-order valence-electron chi connectivity index (χ1n) is 20.8. The molecule has 3 saturated carbocycles. The van der Waals surface area contributed by atoms with Crippen LogP contribution in [-0.4, -0.2) is 116 Å². The quantitative estimate of drug-likeness (QED) is 0.135. The van der Waals surface area contributed by atoms with E-state index in [1.807, 2.05) is 73.6 Å². The van der Waals surface area contributed by atoms with Crippen molar-refractivity contribution in [2.24, 2.45) is 34.8 Å². The Morgan fingerprint density at radius 1 is 1.05 bits per heavy atom. The van der Waals surface area contributed by atoms with Crippen LogP contribution in [0.3, 0.4) is 0 Å². The summed E-state index contributed by atoms with van der Waals surface area (Å²) < 4.78 is 6.10. The predicted molar refractivity (Wildman–Crippen MR) is 228 cm³/mol. The number of hydrogen-bond acceptors (Lipinski definition) is 10. The molecule has 13 heteroatoms. The van der Waals surface area contributed by atoms with E-state index in [0.717, 1.165) is 12.0 Å². The standard InChI is InChI=1S/C46H64N6O7/c1-27-37-21-33(46(37,3)4)22-38(27)49-45(57)42-41(28(2)54)39(26-53)59-52(42)23-30-15-12-16-36(43(30)58-8)31-18-32(20-35(19-31)51(7)25-40(47)55)44(56)48-34(24-50(5)6)17-29-13-10-9-11-14-29/h9-16,18-20,27-28,33-34,37-39,41-42,53-54H,17,21-26H2,1-8H3,(H2,47,55)(H,48,56)(H,49,57)/t27-,28-,33+,34-,37-,38-,39-,41+,42-/m0/s1. The fraction of sp³-hybridized carbons (Fsp3) is 0.543. The van der Waals surface area contributed by atoms with E-state index < -0.39 is 30.1 Å². The highest BCUT2D eigenvalue weighted by atomic mass is 16.7. The Morgan fingerprint density at radius 2 is 1.78 bits per heavy atom. The molecule has 0 radical (unpaired) electrons. The summed E-state index contributed by atoms with van der Waals surface area (Å²) in [5.41, 5.74) is 9.99. The van der Waals surface area contributed by atoms with Crippen molar-refractivity contribution in [1.29, 1.82) is 0 Å². The largest absolute Gasteiger partial charge is 0.496 e. The SMILES string of the molecule is COc1c(CN2O[C@@H](CO)[C@@H]([C@H](C)O)[C@H]2C(=O)N[C@H]2C[C@H]3C[C@@H]([C@@H]2C)C3(C)C)cccc1-c1cc(C(=O)N[C@@H](Cc2ccccc2)CN(C)C)cc(N(C)CC(N)=O)c1. The van der Waals surface area contributed by atoms with Crippen molar-refractivity contribution in [3.05, 3.63) is 83.4 Å². The number of aliphatic hydroxyl groups excluding tert-OH is 2. The van der Waals surface area contributed by atoms with Crippen LogP contribution in [0.5, 0.6) is 5.75 Å². The van der Waals surface area contributed by atoms with Crippen LogP contribution in [0.2, 0.25) is 0 Å². The molecule has 0 unspecified atom stereocenters. The number of nitrogens with one attached hydrogen (secondary N) is 2. The van der Waals surface area contributed by atoms with Crippen LogP contribution >= 0.6 is 0 Å². The van der Waals surface area contributed by atoms with Crippen molar-refractivity contribution in [3.63, 3.8) is 0 Å². The minimum Gasteiger partial charge on any atom is -0.496 e. The maximum Gasteiger partial charge on any atom is 0.251 e. The average Bonchev–Trinajstić information content (AvgIpc) is 3.56. The number of hydrogen-bond donors (Lipinski definition) is 5. The van der Waals surface area contributed by atoms with Gasteiger partial charge in [-0.2, -0.15) is 5.06 Å². The first kappa shape index (κ1) is 44.0. The van der Waals surface area contributed by atoms with Gasteiger partial charge in [-0.15, -0.1) is 0 Å². The van der Waals surface area contributed by atoms with Crippen LogP contribution in [-0.2, 0) is 27.4 Å². The number of carbonyl (C=O) groups is 3. The number of fused-ring (bicyclic) bond motifs is 2. The second-order valence-electron chi connectivity index (χ2n) is 17.9. The molecule has 3 aliphatic carbocycles. The molecule has 320 valence electrons. The zero-order chi connectivity index (χ0) is 42.8. The molecule has 1 aliphatic heterocycles. The van der Waals surface area contributed by atoms with Crippen molar-refractivity contribution >= 4 is 23.4 Å². The summed E-state index contributed by atoms with van der Waals surface area (Å²) >= 11 is 0. The van der Waals surface area contributed by atoms with E-state index in [4.69, 9.17) is 15.3 Å². The zero-order valence-electron chi connectivity index (χ0n) is 35.9. The normalized spacial score (nSPS) is 25.8. The van der Waals surface area contributed by atoms with Crippen molar-refractivity contribution in [3.8, 4) is 16.9 Å². The molecular formula is C46H64N6O7. The van der Waals surface area contributed by atoms with Gasteiger partial charge in [-0.1, -0.05) is 69.3 Å². The Morgan fingerprint density at radius 3 is 2.39 bits per heavy atom. The molecule has 3 aromatic rings. The Hall–Kier alpha value is -4.53. The van der Waals surface area contributed by atoms with Crippen molar-refractivity contribution in [1.82, 2.24) is 20.6 Å². The van der Waals surface area contributed by atoms with E-state index >= 15 is 0 Å². The Balaban J connectivity index is 1.32. The smallest absolute Gasteiger partial charge is 0.251 e. The number of anilines is 1. The molecule has 4 aliphatic rings. The zero-order valence-corrected chi connectivity index (χ0v) is 35.9. The highest BCUT2D eigenvalue weighted by Crippen LogP contribution is 2.61. The number of benzene rings is 3.